The van der Waals surface area contributed by atoms with Gasteiger partial charge in [-0.1, -0.05) is 102 Å². The van der Waals surface area contributed by atoms with Crippen LogP contribution in [-0.4, -0.2) is 19.9 Å². The van der Waals surface area contributed by atoms with Gasteiger partial charge >= 0.3 is 0 Å². The van der Waals surface area contributed by atoms with E-state index in [-0.39, 0.29) is 10.8 Å². The third-order valence-electron chi connectivity index (χ3n) is 9.12. The summed E-state index contributed by atoms with van der Waals surface area (Å²) in [4.78, 5) is 17.5. The average Bonchev–Trinajstić information content (AvgIpc) is 3.88. The van der Waals surface area contributed by atoms with Crippen molar-refractivity contribution >= 4 is 46.4 Å². The predicted octanol–water partition coefficient (Wildman–Crippen LogP) is 10.5. The number of terminal acetylenes is 2. The minimum absolute atomic E-state index is 0.0375. The molecule has 2 aliphatic rings. The van der Waals surface area contributed by atoms with Gasteiger partial charge in [-0.05, 0) is 81.7 Å². The lowest BCUT2D eigenvalue weighted by atomic mass is 9.86. The minimum Gasteiger partial charge on any atom is -0.354 e. The van der Waals surface area contributed by atoms with E-state index in [4.69, 9.17) is 22.8 Å². The van der Waals surface area contributed by atoms with Crippen LogP contribution in [0.3, 0.4) is 0 Å². The van der Waals surface area contributed by atoms with Crippen LogP contribution in [0.25, 0.3) is 68.6 Å². The van der Waals surface area contributed by atoms with E-state index < -0.39 is 0 Å². The second-order valence-electron chi connectivity index (χ2n) is 14.4. The maximum Gasteiger partial charge on any atom is 0.0816 e. The number of nitrogens with zero attached hydrogens (tertiary/aromatic N) is 2. The molecule has 0 amide bonds. The topological polar surface area (TPSA) is 57.4 Å². The molecule has 234 valence electrons. The minimum atomic E-state index is 0.0375. The Hall–Kier alpha value is -5.84. The fraction of sp³-hybridized carbons (Fsp3) is 0.182. The quantitative estimate of drug-likeness (QED) is 0.189. The van der Waals surface area contributed by atoms with Crippen molar-refractivity contribution in [3.63, 3.8) is 0 Å². The third-order valence-corrected chi connectivity index (χ3v) is 9.12. The van der Waals surface area contributed by atoms with Gasteiger partial charge in [-0.3, -0.25) is 0 Å². The highest BCUT2D eigenvalue weighted by molar-refractivity contribution is 5.95. The van der Waals surface area contributed by atoms with E-state index in [0.717, 1.165) is 61.3 Å². The number of fused-ring (bicyclic) bond motifs is 8. The predicted molar refractivity (Wildman–Crippen MR) is 203 cm³/mol. The van der Waals surface area contributed by atoms with Gasteiger partial charge in [0.1, 0.15) is 0 Å². The molecule has 3 aromatic heterocycles. The molecule has 5 heterocycles. The van der Waals surface area contributed by atoms with Crippen molar-refractivity contribution < 1.29 is 0 Å². The Morgan fingerprint density at radius 1 is 0.458 bits per heavy atom. The van der Waals surface area contributed by atoms with Crippen molar-refractivity contribution in [3.8, 4) is 46.9 Å². The largest absolute Gasteiger partial charge is 0.354 e. The molecule has 4 nitrogen and oxygen atoms in total. The molecule has 48 heavy (non-hydrogen) atoms. The molecule has 5 aromatic rings. The lowest BCUT2D eigenvalue weighted by Crippen LogP contribution is -2.10. The summed E-state index contributed by atoms with van der Waals surface area (Å²) < 4.78 is 0. The van der Waals surface area contributed by atoms with Crippen molar-refractivity contribution in [2.24, 2.45) is 0 Å². The number of benzene rings is 2. The highest BCUT2D eigenvalue weighted by atomic mass is 14.8. The Kier molecular flexibility index (Phi) is 7.34. The Morgan fingerprint density at radius 3 is 1.17 bits per heavy atom. The van der Waals surface area contributed by atoms with E-state index in [9.17, 15) is 0 Å². The number of aromatic nitrogens is 4. The zero-order chi connectivity index (χ0) is 33.8. The molecule has 0 atom stereocenters. The van der Waals surface area contributed by atoms with E-state index in [1.165, 1.54) is 11.1 Å². The second kappa shape index (κ2) is 11.4. The lowest BCUT2D eigenvalue weighted by Gasteiger charge is -2.19. The normalized spacial score (nSPS) is 12.6. The summed E-state index contributed by atoms with van der Waals surface area (Å²) in [5.74, 6) is 5.85. The molecule has 0 saturated carbocycles. The molecule has 0 spiro atoms. The molecular formula is C44H38N4. The molecule has 0 saturated heterocycles. The van der Waals surface area contributed by atoms with Crippen LogP contribution < -0.4 is 0 Å². The zero-order valence-electron chi connectivity index (χ0n) is 28.3. The molecule has 8 bridgehead atoms. The summed E-state index contributed by atoms with van der Waals surface area (Å²) in [6, 6.07) is 25.6. The van der Waals surface area contributed by atoms with Crippen molar-refractivity contribution in [3.05, 3.63) is 118 Å². The van der Waals surface area contributed by atoms with E-state index in [2.05, 4.69) is 124 Å². The third kappa shape index (κ3) is 5.46. The highest BCUT2D eigenvalue weighted by Gasteiger charge is 2.19. The van der Waals surface area contributed by atoms with Gasteiger partial charge in [-0.25, -0.2) is 9.97 Å². The monoisotopic (exact) mass is 622 g/mol. The zero-order valence-corrected chi connectivity index (χ0v) is 28.3. The van der Waals surface area contributed by atoms with E-state index in [1.807, 2.05) is 36.4 Å². The molecule has 4 heteroatoms. The number of hydrogen-bond donors (Lipinski definition) is 2. The van der Waals surface area contributed by atoms with Gasteiger partial charge in [-0.2, -0.15) is 0 Å². The highest BCUT2D eigenvalue weighted by Crippen LogP contribution is 2.35. The molecular weight excluding hydrogens is 585 g/mol. The summed E-state index contributed by atoms with van der Waals surface area (Å²) in [5.41, 5.74) is 14.5. The van der Waals surface area contributed by atoms with Gasteiger partial charge in [0, 0.05) is 22.2 Å². The maximum absolute atomic E-state index is 6.20. The van der Waals surface area contributed by atoms with Gasteiger partial charge in [0.15, 0.2) is 0 Å². The molecule has 2 aromatic carbocycles. The van der Waals surface area contributed by atoms with Crippen molar-refractivity contribution in [2.45, 2.75) is 52.4 Å². The number of rotatable bonds is 2. The van der Waals surface area contributed by atoms with Gasteiger partial charge in [-0.15, -0.1) is 12.8 Å². The summed E-state index contributed by atoms with van der Waals surface area (Å²) in [5, 5.41) is 0. The Morgan fingerprint density at radius 2 is 0.812 bits per heavy atom. The Labute approximate surface area is 282 Å². The summed E-state index contributed by atoms with van der Waals surface area (Å²) >= 11 is 0. The molecule has 0 aliphatic carbocycles. The van der Waals surface area contributed by atoms with Crippen LogP contribution in [-0.2, 0) is 10.8 Å². The SMILES string of the molecule is C#Cc1c2nc(c(-c3ccc(C(C)(C)C)cc3)c3ccc([nH]3)c(C#C)c3ccc([nH]3)c(-c3ccc(C(C)(C)C)cc3)c3nc1C=C3)C=C2. The Bertz CT molecular complexity index is 2240. The summed E-state index contributed by atoms with van der Waals surface area (Å²) in [6.07, 6.45) is 20.4. The molecule has 2 N–H and O–H groups in total. The van der Waals surface area contributed by atoms with Crippen molar-refractivity contribution in [1.82, 2.24) is 19.9 Å². The fourth-order valence-electron chi connectivity index (χ4n) is 6.39. The fourth-order valence-corrected chi connectivity index (χ4v) is 6.39. The van der Waals surface area contributed by atoms with Crippen LogP contribution in [0.4, 0.5) is 0 Å². The van der Waals surface area contributed by atoms with Crippen molar-refractivity contribution in [2.75, 3.05) is 0 Å². The molecule has 2 aliphatic heterocycles. The van der Waals surface area contributed by atoms with Crippen LogP contribution in [0.15, 0.2) is 72.8 Å². The van der Waals surface area contributed by atoms with Crippen LogP contribution in [0.2, 0.25) is 0 Å². The average molecular weight is 623 g/mol. The van der Waals surface area contributed by atoms with Gasteiger partial charge in [0.2, 0.25) is 0 Å². The van der Waals surface area contributed by atoms with E-state index in [0.29, 0.717) is 17.0 Å². The smallest absolute Gasteiger partial charge is 0.0816 e. The number of hydrogen-bond acceptors (Lipinski definition) is 2. The Balaban J connectivity index is 1.57. The summed E-state index contributed by atoms with van der Waals surface area (Å²) in [7, 11) is 0. The first kappa shape index (κ1) is 30.8. The second-order valence-corrected chi connectivity index (χ2v) is 14.4. The summed E-state index contributed by atoms with van der Waals surface area (Å²) in [6.45, 7) is 13.3. The molecule has 0 fully saturated rings. The number of nitrogens with one attached hydrogen (secondary N) is 2. The standard InChI is InChI=1S/C44H38N4/c1-9-31-33-19-23-37(45-33)41(27-11-15-29(16-12-27)43(3,4)5)39-25-21-35(47-39)32(10-2)36-22-26-40(48-36)42(38-24-20-34(31)46-38)28-13-17-30(18-14-28)44(6,7)8/h1-2,11-26,45-46H,3-8H3. The first-order valence-electron chi connectivity index (χ1n) is 16.3. The maximum atomic E-state index is 6.20. The van der Waals surface area contributed by atoms with Crippen LogP contribution >= 0.6 is 0 Å². The van der Waals surface area contributed by atoms with Crippen LogP contribution in [0.1, 0.15) is 86.6 Å². The molecule has 7 rings (SSSR count). The van der Waals surface area contributed by atoms with Gasteiger partial charge in [0.25, 0.3) is 0 Å². The van der Waals surface area contributed by atoms with Gasteiger partial charge in [0.05, 0.1) is 44.9 Å². The van der Waals surface area contributed by atoms with E-state index in [1.54, 1.807) is 0 Å². The first-order valence-corrected chi connectivity index (χ1v) is 16.3. The number of H-pyrrole nitrogens is 2. The van der Waals surface area contributed by atoms with Crippen LogP contribution in [0.5, 0.6) is 0 Å². The lowest BCUT2D eigenvalue weighted by molar-refractivity contribution is 0.590. The number of aromatic amines is 2. The first-order chi connectivity index (χ1) is 22.9. The van der Waals surface area contributed by atoms with Gasteiger partial charge < -0.3 is 9.97 Å². The van der Waals surface area contributed by atoms with Crippen molar-refractivity contribution in [1.29, 1.82) is 0 Å². The molecule has 0 unspecified atom stereocenters. The molecule has 0 radical (unpaired) electrons. The van der Waals surface area contributed by atoms with E-state index >= 15 is 0 Å². The van der Waals surface area contributed by atoms with Crippen LogP contribution in [0, 0.1) is 24.7 Å².